The molecule has 7 heteroatoms. The number of esters is 1. The van der Waals surface area contributed by atoms with Gasteiger partial charge in [-0.05, 0) is 0 Å². The Balaban J connectivity index is 4.09. The minimum Gasteiger partial charge on any atom is -0.468 e. The Hall–Kier alpha value is -0.000000000000000111. The number of halogens is 2. The van der Waals surface area contributed by atoms with Gasteiger partial charge in [0.1, 0.15) is 5.38 Å². The summed E-state index contributed by atoms with van der Waals surface area (Å²) in [5, 5.41) is -1.23. The molecule has 0 saturated heterocycles. The van der Waals surface area contributed by atoms with E-state index >= 15 is 0 Å². The first-order chi connectivity index (χ1) is 4.87. The molecule has 0 aromatic heterocycles. The van der Waals surface area contributed by atoms with E-state index in [1.165, 1.54) is 0 Å². The summed E-state index contributed by atoms with van der Waals surface area (Å²) in [7, 11) is 2.18. The topological polar surface area (TPSA) is 60.4 Å². The first-order valence-corrected chi connectivity index (χ1v) is 5.42. The van der Waals surface area contributed by atoms with Crippen LogP contribution in [0.15, 0.2) is 0 Å². The van der Waals surface area contributed by atoms with Crippen molar-refractivity contribution in [3.8, 4) is 0 Å². The summed E-state index contributed by atoms with van der Waals surface area (Å²) in [5.74, 6) is -1.43. The molecule has 4 nitrogen and oxygen atoms in total. The third kappa shape index (κ3) is 5.29. The lowest BCUT2D eigenvalue weighted by atomic mass is 10.5. The molecule has 0 aromatic carbocycles. The molecule has 0 aliphatic heterocycles. The molecule has 1 atom stereocenters. The zero-order chi connectivity index (χ0) is 9.07. The summed E-state index contributed by atoms with van der Waals surface area (Å²) in [6, 6.07) is 0. The maximum Gasteiger partial charge on any atom is 0.324 e. The molecule has 0 spiro atoms. The maximum absolute atomic E-state index is 10.5. The number of ether oxygens (including phenoxy) is 1. The lowest BCUT2D eigenvalue weighted by Gasteiger charge is -2.02. The van der Waals surface area contributed by atoms with Gasteiger partial charge in [-0.15, -0.1) is 11.6 Å². The van der Waals surface area contributed by atoms with Crippen LogP contribution in [0, 0.1) is 0 Å². The Kier molecular flexibility index (Phi) is 4.13. The van der Waals surface area contributed by atoms with E-state index in [9.17, 15) is 13.2 Å². The first kappa shape index (κ1) is 11.0. The molecule has 0 rings (SSSR count). The van der Waals surface area contributed by atoms with Crippen LogP contribution < -0.4 is 0 Å². The van der Waals surface area contributed by atoms with Crippen LogP contribution >= 0.6 is 22.3 Å². The molecule has 11 heavy (non-hydrogen) atoms. The second kappa shape index (κ2) is 4.13. The first-order valence-electron chi connectivity index (χ1n) is 2.51. The number of carbonyl (C=O) groups excluding carboxylic acids is 1. The average molecular weight is 221 g/mol. The van der Waals surface area contributed by atoms with Gasteiger partial charge < -0.3 is 4.74 Å². The Morgan fingerprint density at radius 2 is 2.09 bits per heavy atom. The number of methoxy groups -OCH3 is 1. The summed E-state index contributed by atoms with van der Waals surface area (Å²) < 4.78 is 24.8. The molecule has 0 radical (unpaired) electrons. The summed E-state index contributed by atoms with van der Waals surface area (Å²) in [5.41, 5.74) is 0. The molecule has 0 amide bonds. The van der Waals surface area contributed by atoms with Gasteiger partial charge in [0.25, 0.3) is 0 Å². The van der Waals surface area contributed by atoms with Crippen LogP contribution in [0.25, 0.3) is 0 Å². The number of alkyl halides is 1. The van der Waals surface area contributed by atoms with Crippen LogP contribution in [0.1, 0.15) is 0 Å². The van der Waals surface area contributed by atoms with E-state index in [-0.39, 0.29) is 0 Å². The molecule has 0 aliphatic rings. The van der Waals surface area contributed by atoms with Crippen molar-refractivity contribution in [3.05, 3.63) is 0 Å². The molecule has 1 unspecified atom stereocenters. The third-order valence-corrected chi connectivity index (χ3v) is 2.43. The Bertz CT molecular complexity index is 234. The normalized spacial score (nSPS) is 14.1. The highest BCUT2D eigenvalue weighted by Crippen LogP contribution is 2.06. The smallest absolute Gasteiger partial charge is 0.324 e. The van der Waals surface area contributed by atoms with E-state index in [2.05, 4.69) is 4.74 Å². The van der Waals surface area contributed by atoms with Crippen LogP contribution in [-0.4, -0.2) is 32.6 Å². The van der Waals surface area contributed by atoms with E-state index < -0.39 is 26.2 Å². The van der Waals surface area contributed by atoms with Crippen molar-refractivity contribution in [2.24, 2.45) is 0 Å². The predicted molar refractivity (Wildman–Crippen MR) is 41.3 cm³/mol. The predicted octanol–water partition coefficient (Wildman–Crippen LogP) is 0.335. The van der Waals surface area contributed by atoms with Gasteiger partial charge in [-0.1, -0.05) is 0 Å². The number of rotatable bonds is 3. The summed E-state index contributed by atoms with van der Waals surface area (Å²) in [4.78, 5) is 10.5. The molecular weight excluding hydrogens is 215 g/mol. The van der Waals surface area contributed by atoms with Crippen LogP contribution in [0.3, 0.4) is 0 Å². The fourth-order valence-corrected chi connectivity index (χ4v) is 2.01. The monoisotopic (exact) mass is 220 g/mol. The average Bonchev–Trinajstić information content (AvgIpc) is 1.82. The maximum atomic E-state index is 10.5. The van der Waals surface area contributed by atoms with Gasteiger partial charge in [-0.3, -0.25) is 4.79 Å². The zero-order valence-corrected chi connectivity index (χ0v) is 7.91. The van der Waals surface area contributed by atoms with E-state index in [4.69, 9.17) is 22.3 Å². The SMILES string of the molecule is COC(=O)C(Cl)CS(=O)(=O)Cl. The lowest BCUT2D eigenvalue weighted by molar-refractivity contribution is -0.139. The summed E-state index contributed by atoms with van der Waals surface area (Å²) in [6.45, 7) is 0. The van der Waals surface area contributed by atoms with E-state index in [1.54, 1.807) is 0 Å². The minimum absolute atomic E-state index is 0.622. The van der Waals surface area contributed by atoms with Gasteiger partial charge in [0.2, 0.25) is 9.05 Å². The fourth-order valence-electron chi connectivity index (χ4n) is 0.371. The van der Waals surface area contributed by atoms with Crippen molar-refractivity contribution >= 4 is 37.3 Å². The molecule has 0 aromatic rings. The lowest BCUT2D eigenvalue weighted by Crippen LogP contribution is -2.23. The minimum atomic E-state index is -3.74. The van der Waals surface area contributed by atoms with Crippen molar-refractivity contribution in [2.75, 3.05) is 12.9 Å². The molecule has 0 heterocycles. The number of hydrogen-bond acceptors (Lipinski definition) is 4. The molecule has 0 bridgehead atoms. The highest BCUT2D eigenvalue weighted by atomic mass is 35.7. The second-order valence-electron chi connectivity index (χ2n) is 1.70. The summed E-state index contributed by atoms with van der Waals surface area (Å²) >= 11 is 5.28. The Morgan fingerprint density at radius 1 is 1.64 bits per heavy atom. The van der Waals surface area contributed by atoms with Crippen molar-refractivity contribution in [1.29, 1.82) is 0 Å². The van der Waals surface area contributed by atoms with Crippen LogP contribution in [0.4, 0.5) is 0 Å². The van der Waals surface area contributed by atoms with Crippen LogP contribution in [0.2, 0.25) is 0 Å². The third-order valence-electron chi connectivity index (χ3n) is 0.802. The zero-order valence-electron chi connectivity index (χ0n) is 5.58. The van der Waals surface area contributed by atoms with Gasteiger partial charge >= 0.3 is 5.97 Å². The van der Waals surface area contributed by atoms with Gasteiger partial charge in [-0.25, -0.2) is 8.42 Å². The van der Waals surface area contributed by atoms with Gasteiger partial charge in [0.15, 0.2) is 0 Å². The molecule has 0 aliphatic carbocycles. The van der Waals surface area contributed by atoms with Crippen LogP contribution in [0.5, 0.6) is 0 Å². The highest BCUT2D eigenvalue weighted by Gasteiger charge is 2.22. The molecule has 66 valence electrons. The Labute approximate surface area is 73.8 Å². The van der Waals surface area contributed by atoms with Crippen molar-refractivity contribution in [1.82, 2.24) is 0 Å². The summed E-state index contributed by atoms with van der Waals surface area (Å²) in [6.07, 6.45) is 0. The fraction of sp³-hybridized carbons (Fsp3) is 0.750. The highest BCUT2D eigenvalue weighted by molar-refractivity contribution is 8.13. The van der Waals surface area contributed by atoms with Crippen LogP contribution in [-0.2, 0) is 18.6 Å². The van der Waals surface area contributed by atoms with E-state index in [0.29, 0.717) is 0 Å². The van der Waals surface area contributed by atoms with Gasteiger partial charge in [0, 0.05) is 10.7 Å². The van der Waals surface area contributed by atoms with Crippen molar-refractivity contribution in [2.45, 2.75) is 5.38 Å². The largest absolute Gasteiger partial charge is 0.468 e. The molecule has 0 saturated carbocycles. The standard InChI is InChI=1S/C4H6Cl2O4S/c1-10-4(7)3(5)2-11(6,8)9/h3H,2H2,1H3. The number of hydrogen-bond donors (Lipinski definition) is 0. The van der Waals surface area contributed by atoms with Gasteiger partial charge in [-0.2, -0.15) is 0 Å². The molecule has 0 N–H and O–H groups in total. The number of carbonyl (C=O) groups is 1. The van der Waals surface area contributed by atoms with Crippen molar-refractivity contribution in [3.63, 3.8) is 0 Å². The van der Waals surface area contributed by atoms with E-state index in [0.717, 1.165) is 7.11 Å². The Morgan fingerprint density at radius 3 is 2.36 bits per heavy atom. The van der Waals surface area contributed by atoms with Gasteiger partial charge in [0.05, 0.1) is 12.9 Å². The van der Waals surface area contributed by atoms with Crippen molar-refractivity contribution < 1.29 is 17.9 Å². The van der Waals surface area contributed by atoms with E-state index in [1.807, 2.05) is 0 Å². The molecular formula is C4H6Cl2O4S. The second-order valence-corrected chi connectivity index (χ2v) is 5.04. The quantitative estimate of drug-likeness (QED) is 0.391. The molecule has 0 fully saturated rings.